The number of hydrogen-bond donors (Lipinski definition) is 1. The second kappa shape index (κ2) is 6.28. The number of nitrogens with one attached hydrogen (secondary N) is 1. The van der Waals surface area contributed by atoms with Crippen molar-refractivity contribution in [3.8, 4) is 0 Å². The van der Waals surface area contributed by atoms with Crippen LogP contribution in [-0.4, -0.2) is 33.2 Å². The van der Waals surface area contributed by atoms with Gasteiger partial charge in [0.05, 0.1) is 0 Å². The van der Waals surface area contributed by atoms with E-state index in [2.05, 4.69) is 15.3 Å². The highest BCUT2D eigenvalue weighted by molar-refractivity contribution is 6.57. The SMILES string of the molecule is Cc1c(C[B-](F)(F)F)cc(N=[N+]=[N-])cc1N1CCNCC1. The largest absolute Gasteiger partial charge is 0.482 e. The van der Waals surface area contributed by atoms with Gasteiger partial charge in [0.15, 0.2) is 0 Å². The van der Waals surface area contributed by atoms with Crippen LogP contribution in [0, 0.1) is 6.92 Å². The van der Waals surface area contributed by atoms with Crippen molar-refractivity contribution in [3.05, 3.63) is 33.7 Å². The van der Waals surface area contributed by atoms with E-state index < -0.39 is 13.3 Å². The van der Waals surface area contributed by atoms with Crippen LogP contribution in [0.25, 0.3) is 10.4 Å². The van der Waals surface area contributed by atoms with Crippen LogP contribution in [0.2, 0.25) is 0 Å². The fourth-order valence-electron chi connectivity index (χ4n) is 2.55. The third-order valence-corrected chi connectivity index (χ3v) is 3.54. The maximum atomic E-state index is 12.7. The summed E-state index contributed by atoms with van der Waals surface area (Å²) in [7, 11) is 0. The Bertz CT molecular complexity index is 563. The van der Waals surface area contributed by atoms with Crippen LogP contribution in [0.15, 0.2) is 17.2 Å². The van der Waals surface area contributed by atoms with Crippen molar-refractivity contribution in [3.63, 3.8) is 0 Å². The van der Waals surface area contributed by atoms with Gasteiger partial charge < -0.3 is 23.2 Å². The lowest BCUT2D eigenvalue weighted by Gasteiger charge is -2.32. The molecule has 114 valence electrons. The van der Waals surface area contributed by atoms with Crippen molar-refractivity contribution >= 4 is 18.4 Å². The first-order valence-electron chi connectivity index (χ1n) is 6.76. The zero-order valence-electron chi connectivity index (χ0n) is 11.7. The predicted molar refractivity (Wildman–Crippen MR) is 77.8 cm³/mol. The molecule has 1 aliphatic rings. The van der Waals surface area contributed by atoms with E-state index in [4.69, 9.17) is 5.53 Å². The van der Waals surface area contributed by atoms with Crippen molar-refractivity contribution in [2.75, 3.05) is 31.1 Å². The number of rotatable bonds is 4. The maximum absolute atomic E-state index is 12.7. The summed E-state index contributed by atoms with van der Waals surface area (Å²) in [5, 5.41) is 6.67. The third kappa shape index (κ3) is 4.06. The van der Waals surface area contributed by atoms with Crippen LogP contribution in [0.3, 0.4) is 0 Å². The van der Waals surface area contributed by atoms with Crippen molar-refractivity contribution in [1.82, 2.24) is 5.32 Å². The Hall–Kier alpha value is -1.86. The summed E-state index contributed by atoms with van der Waals surface area (Å²) < 4.78 is 38.2. The van der Waals surface area contributed by atoms with E-state index >= 15 is 0 Å². The summed E-state index contributed by atoms with van der Waals surface area (Å²) in [6.45, 7) is -0.241. The van der Waals surface area contributed by atoms with Crippen LogP contribution in [0.5, 0.6) is 0 Å². The van der Waals surface area contributed by atoms with Crippen LogP contribution >= 0.6 is 0 Å². The smallest absolute Gasteiger partial charge is 0.449 e. The molecule has 0 unspecified atom stereocenters. The van der Waals surface area contributed by atoms with E-state index in [-0.39, 0.29) is 11.3 Å². The van der Waals surface area contributed by atoms with Crippen LogP contribution in [-0.2, 0) is 6.32 Å². The highest BCUT2D eigenvalue weighted by Crippen LogP contribution is 2.32. The zero-order valence-corrected chi connectivity index (χ0v) is 11.7. The molecule has 2 rings (SSSR count). The summed E-state index contributed by atoms with van der Waals surface area (Å²) >= 11 is 0. The number of halogens is 3. The normalized spacial score (nSPS) is 15.7. The molecule has 1 aromatic rings. The van der Waals surface area contributed by atoms with Crippen LogP contribution in [0.1, 0.15) is 11.1 Å². The molecule has 0 aromatic heterocycles. The monoisotopic (exact) mass is 298 g/mol. The molecule has 0 atom stereocenters. The minimum absolute atomic E-state index is 0.181. The molecule has 0 spiro atoms. The quantitative estimate of drug-likeness (QED) is 0.401. The summed E-state index contributed by atoms with van der Waals surface area (Å²) in [5.74, 6) is 0. The predicted octanol–water partition coefficient (Wildman–Crippen LogP) is 3.28. The van der Waals surface area contributed by atoms with Gasteiger partial charge in [-0.25, -0.2) is 0 Å². The van der Waals surface area contributed by atoms with Crippen LogP contribution < -0.4 is 10.2 Å². The van der Waals surface area contributed by atoms with E-state index in [0.29, 0.717) is 5.56 Å². The molecule has 1 heterocycles. The number of anilines is 1. The zero-order chi connectivity index (χ0) is 15.5. The fourth-order valence-corrected chi connectivity index (χ4v) is 2.55. The molecule has 0 radical (unpaired) electrons. The Morgan fingerprint density at radius 2 is 2.00 bits per heavy atom. The summed E-state index contributed by atoms with van der Waals surface area (Å²) in [4.78, 5) is 4.70. The van der Waals surface area contributed by atoms with Gasteiger partial charge in [-0.15, -0.1) is 0 Å². The summed E-state index contributed by atoms with van der Waals surface area (Å²) in [5.41, 5.74) is 10.3. The van der Waals surface area contributed by atoms with Gasteiger partial charge in [-0.1, -0.05) is 23.1 Å². The lowest BCUT2D eigenvalue weighted by atomic mass is 9.80. The Kier molecular flexibility index (Phi) is 4.64. The minimum Gasteiger partial charge on any atom is -0.449 e. The molecular formula is C12H16BF3N5-. The summed E-state index contributed by atoms with van der Waals surface area (Å²) in [6.07, 6.45) is -0.959. The second-order valence-corrected chi connectivity index (χ2v) is 5.09. The first-order valence-corrected chi connectivity index (χ1v) is 6.76. The van der Waals surface area contributed by atoms with E-state index in [0.717, 1.165) is 31.9 Å². The van der Waals surface area contributed by atoms with Gasteiger partial charge in [-0.3, -0.25) is 0 Å². The first kappa shape index (κ1) is 15.5. The molecule has 5 nitrogen and oxygen atoms in total. The number of benzene rings is 1. The van der Waals surface area contributed by atoms with Gasteiger partial charge in [0.25, 0.3) is 0 Å². The van der Waals surface area contributed by atoms with Crippen molar-refractivity contribution in [2.24, 2.45) is 5.11 Å². The third-order valence-electron chi connectivity index (χ3n) is 3.54. The average Bonchev–Trinajstić information content (AvgIpc) is 2.42. The molecule has 1 saturated heterocycles. The molecule has 1 aromatic carbocycles. The van der Waals surface area contributed by atoms with E-state index in [1.807, 2.05) is 4.90 Å². The number of hydrogen-bond acceptors (Lipinski definition) is 3. The topological polar surface area (TPSA) is 64.0 Å². The Balaban J connectivity index is 2.44. The van der Waals surface area contributed by atoms with Gasteiger partial charge >= 0.3 is 6.98 Å². The van der Waals surface area contributed by atoms with Crippen molar-refractivity contribution in [1.29, 1.82) is 0 Å². The Morgan fingerprint density at radius 3 is 2.57 bits per heavy atom. The molecule has 1 N–H and O–H groups in total. The molecule has 1 fully saturated rings. The standard InChI is InChI=1S/C12H16BF3N5/c1-9-10(8-13(14,15)16)6-11(19-20-17)7-12(9)21-4-2-18-3-5-21/h6-7,18H,2-5,8H2,1H3/q-1. The lowest BCUT2D eigenvalue weighted by molar-refractivity contribution is 0.468. The average molecular weight is 298 g/mol. The van der Waals surface area contributed by atoms with Crippen molar-refractivity contribution in [2.45, 2.75) is 13.2 Å². The molecule has 9 heteroatoms. The number of nitrogens with zero attached hydrogens (tertiary/aromatic N) is 4. The Morgan fingerprint density at radius 1 is 1.33 bits per heavy atom. The molecule has 0 aliphatic carbocycles. The fraction of sp³-hybridized carbons (Fsp3) is 0.500. The molecule has 0 bridgehead atoms. The Labute approximate surface area is 120 Å². The first-order chi connectivity index (χ1) is 9.90. The lowest BCUT2D eigenvalue weighted by Crippen LogP contribution is -2.43. The van der Waals surface area contributed by atoms with Gasteiger partial charge in [0.1, 0.15) is 0 Å². The number of piperazine rings is 1. The van der Waals surface area contributed by atoms with Crippen molar-refractivity contribution < 1.29 is 12.9 Å². The molecule has 1 aliphatic heterocycles. The highest BCUT2D eigenvalue weighted by Gasteiger charge is 2.25. The van der Waals surface area contributed by atoms with E-state index in [1.54, 1.807) is 13.0 Å². The van der Waals surface area contributed by atoms with Gasteiger partial charge in [0, 0.05) is 42.5 Å². The minimum atomic E-state index is -4.93. The molecule has 21 heavy (non-hydrogen) atoms. The highest BCUT2D eigenvalue weighted by atomic mass is 19.4. The van der Waals surface area contributed by atoms with E-state index in [1.165, 1.54) is 6.07 Å². The van der Waals surface area contributed by atoms with Gasteiger partial charge in [-0.05, 0) is 24.1 Å². The van der Waals surface area contributed by atoms with E-state index in [9.17, 15) is 12.9 Å². The maximum Gasteiger partial charge on any atom is 0.482 e. The summed E-state index contributed by atoms with van der Waals surface area (Å²) in [6, 6.07) is 2.99. The van der Waals surface area contributed by atoms with Gasteiger partial charge in [0.2, 0.25) is 0 Å². The molecule has 0 amide bonds. The number of azide groups is 1. The van der Waals surface area contributed by atoms with Gasteiger partial charge in [-0.2, -0.15) is 0 Å². The molecule has 0 saturated carbocycles. The second-order valence-electron chi connectivity index (χ2n) is 5.09. The molecular weight excluding hydrogens is 282 g/mol. The van der Waals surface area contributed by atoms with Crippen LogP contribution in [0.4, 0.5) is 24.3 Å².